The Hall–Kier alpha value is -4.30. The second-order valence-corrected chi connectivity index (χ2v) is 12.7. The molecule has 50 heavy (non-hydrogen) atoms. The van der Waals surface area contributed by atoms with Crippen LogP contribution in [0.3, 0.4) is 0 Å². The molecule has 0 saturated heterocycles. The number of carbonyl (C=O) groups excluding carboxylic acids is 2. The Labute approximate surface area is 323 Å². The summed E-state index contributed by atoms with van der Waals surface area (Å²) in [6.45, 7) is 1.86. The lowest BCUT2D eigenvalue weighted by molar-refractivity contribution is -0.683. The predicted molar refractivity (Wildman–Crippen MR) is 191 cm³/mol. The summed E-state index contributed by atoms with van der Waals surface area (Å²) < 4.78 is 3.89. The molecule has 0 unspecified atom stereocenters. The number of hydrogen-bond donors (Lipinski definition) is 4. The van der Waals surface area contributed by atoms with Gasteiger partial charge in [0, 0.05) is 47.0 Å². The third kappa shape index (κ3) is 7.55. The Bertz CT molecular complexity index is 2310. The first kappa shape index (κ1) is 35.5. The topological polar surface area (TPSA) is 97.5 Å². The van der Waals surface area contributed by atoms with Gasteiger partial charge in [-0.15, -0.1) is 0 Å². The van der Waals surface area contributed by atoms with Gasteiger partial charge in [-0.2, -0.15) is 9.13 Å². The van der Waals surface area contributed by atoms with E-state index in [9.17, 15) is 9.59 Å². The van der Waals surface area contributed by atoms with Gasteiger partial charge in [-0.25, -0.2) is 0 Å². The molecule has 0 saturated carbocycles. The molecule has 0 fully saturated rings. The van der Waals surface area contributed by atoms with Gasteiger partial charge in [-0.05, 0) is 58.7 Å². The highest BCUT2D eigenvalue weighted by Crippen LogP contribution is 2.29. The van der Waals surface area contributed by atoms with Crippen LogP contribution < -0.4 is 67.7 Å². The van der Waals surface area contributed by atoms with Gasteiger partial charge in [0.1, 0.15) is 0 Å². The number of carbonyl (C=O) groups is 2. The molecule has 10 heteroatoms. The summed E-state index contributed by atoms with van der Waals surface area (Å²) in [7, 11) is 0. The van der Waals surface area contributed by atoms with Crippen LogP contribution in [0.25, 0.3) is 65.2 Å². The fourth-order valence-corrected chi connectivity index (χ4v) is 6.85. The van der Waals surface area contributed by atoms with E-state index in [4.69, 9.17) is 0 Å². The van der Waals surface area contributed by atoms with Gasteiger partial charge in [0.05, 0.1) is 21.8 Å². The number of nitrogens with zero attached hydrogens (tertiary/aromatic N) is 2. The van der Waals surface area contributed by atoms with Crippen molar-refractivity contribution in [3.63, 3.8) is 0 Å². The molecular weight excluding hydrogens is 850 g/mol. The van der Waals surface area contributed by atoms with Crippen LogP contribution in [0.2, 0.25) is 0 Å². The summed E-state index contributed by atoms with van der Waals surface area (Å²) in [5.74, 6) is 0.0159. The van der Waals surface area contributed by atoms with Crippen molar-refractivity contribution in [2.45, 2.75) is 38.8 Å². The molecule has 0 aliphatic rings. The maximum atomic E-state index is 12.7. The van der Waals surface area contributed by atoms with Crippen molar-refractivity contribution in [1.29, 1.82) is 0 Å². The number of aromatic amines is 2. The third-order valence-electron chi connectivity index (χ3n) is 9.33. The molecule has 4 heterocycles. The van der Waals surface area contributed by atoms with Gasteiger partial charge in [-0.3, -0.25) is 9.59 Å². The summed E-state index contributed by atoms with van der Waals surface area (Å²) in [6.07, 6.45) is 11.8. The number of H-pyrrole nitrogens is 2. The standard InChI is InChI=1S/C40H36N6O2.2HI/c47-39(25-45-17-13-35-33(23-45)31-19-27-9-3-5-11-29(27)21-37(31)43-35)41-15-7-1-2-8-16-42-40(48)26-46-18-14-36-34(24-46)32-20-28-10-4-6-12-30(28)22-38(32)44-36;;/h3-6,9-14,17-24H,1-2,7-8,15-16,25-26H2,(H2,41,42,47,48);2*1H. The Balaban J connectivity index is 0.00000216. The average Bonchev–Trinajstić information content (AvgIpc) is 3.63. The van der Waals surface area contributed by atoms with E-state index in [1.165, 1.54) is 21.5 Å². The monoisotopic (exact) mass is 888 g/mol. The van der Waals surface area contributed by atoms with Crippen molar-refractivity contribution in [2.24, 2.45) is 0 Å². The fraction of sp³-hybridized carbons (Fsp3) is 0.200. The Morgan fingerprint density at radius 2 is 0.900 bits per heavy atom. The van der Waals surface area contributed by atoms with Crippen LogP contribution in [0.4, 0.5) is 0 Å². The zero-order valence-electron chi connectivity index (χ0n) is 27.5. The molecule has 8 aromatic rings. The van der Waals surface area contributed by atoms with E-state index in [0.717, 1.165) is 69.3 Å². The van der Waals surface area contributed by atoms with Gasteiger partial charge < -0.3 is 68.6 Å². The molecular formula is C40H38I2N6O2. The number of amides is 2. The second-order valence-electron chi connectivity index (χ2n) is 12.7. The highest BCUT2D eigenvalue weighted by atomic mass is 127. The molecule has 0 atom stereocenters. The van der Waals surface area contributed by atoms with E-state index < -0.39 is 0 Å². The maximum absolute atomic E-state index is 12.7. The minimum Gasteiger partial charge on any atom is -1.00 e. The van der Waals surface area contributed by atoms with Crippen molar-refractivity contribution >= 4 is 77.0 Å². The van der Waals surface area contributed by atoms with Gasteiger partial charge >= 0.3 is 0 Å². The lowest BCUT2D eigenvalue weighted by atomic mass is 10.1. The lowest BCUT2D eigenvalue weighted by Gasteiger charge is -2.05. The molecule has 2 amide bonds. The summed E-state index contributed by atoms with van der Waals surface area (Å²) in [6, 6.07) is 29.6. The van der Waals surface area contributed by atoms with Gasteiger partial charge in [0.25, 0.3) is 11.8 Å². The molecule has 8 rings (SSSR count). The largest absolute Gasteiger partial charge is 1.00 e. The van der Waals surface area contributed by atoms with E-state index in [-0.39, 0.29) is 72.9 Å². The highest BCUT2D eigenvalue weighted by molar-refractivity contribution is 6.12. The quantitative estimate of drug-likeness (QED) is 0.0858. The first-order chi connectivity index (χ1) is 23.6. The molecule has 0 spiro atoms. The first-order valence-corrected chi connectivity index (χ1v) is 16.8. The minimum atomic E-state index is 0. The number of pyridine rings is 2. The Morgan fingerprint density at radius 1 is 0.500 bits per heavy atom. The van der Waals surface area contributed by atoms with Crippen molar-refractivity contribution in [3.8, 4) is 0 Å². The summed E-state index contributed by atoms with van der Waals surface area (Å²) in [5, 5.41) is 15.5. The van der Waals surface area contributed by atoms with E-state index in [2.05, 4.69) is 106 Å². The SMILES string of the molecule is O=C(C[n+]1ccc2[nH]c3cc4ccccc4cc3c2c1)NCCCCCCNC(=O)C[n+]1ccc2[nH]c3cc4ccccc4cc3c2c1.[I-].[I-]. The van der Waals surface area contributed by atoms with Gasteiger partial charge in [0.2, 0.25) is 13.1 Å². The summed E-state index contributed by atoms with van der Waals surface area (Å²) >= 11 is 0. The predicted octanol–water partition coefficient (Wildman–Crippen LogP) is 0.338. The van der Waals surface area contributed by atoms with E-state index in [0.29, 0.717) is 13.1 Å². The molecule has 4 aromatic heterocycles. The minimum absolute atomic E-state index is 0. The number of hydrogen-bond acceptors (Lipinski definition) is 2. The number of halogens is 2. The van der Waals surface area contributed by atoms with Crippen LogP contribution >= 0.6 is 0 Å². The average molecular weight is 889 g/mol. The Morgan fingerprint density at radius 3 is 1.32 bits per heavy atom. The van der Waals surface area contributed by atoms with Crippen molar-refractivity contribution in [1.82, 2.24) is 20.6 Å². The van der Waals surface area contributed by atoms with Crippen LogP contribution in [-0.4, -0.2) is 34.9 Å². The van der Waals surface area contributed by atoms with E-state index >= 15 is 0 Å². The Kier molecular flexibility index (Phi) is 11.2. The van der Waals surface area contributed by atoms with Gasteiger partial charge in [-0.1, -0.05) is 61.4 Å². The molecule has 0 radical (unpaired) electrons. The molecule has 0 aliphatic carbocycles. The van der Waals surface area contributed by atoms with Crippen LogP contribution in [0, 0.1) is 0 Å². The summed E-state index contributed by atoms with van der Waals surface area (Å²) in [5.41, 5.74) is 4.32. The molecule has 4 N–H and O–H groups in total. The van der Waals surface area contributed by atoms with Crippen molar-refractivity contribution in [3.05, 3.63) is 110 Å². The zero-order valence-corrected chi connectivity index (χ0v) is 31.8. The van der Waals surface area contributed by atoms with Gasteiger partial charge in [0.15, 0.2) is 24.8 Å². The highest BCUT2D eigenvalue weighted by Gasteiger charge is 2.15. The van der Waals surface area contributed by atoms with Crippen LogP contribution in [-0.2, 0) is 22.7 Å². The number of rotatable bonds is 11. The first-order valence-electron chi connectivity index (χ1n) is 16.8. The number of unbranched alkanes of at least 4 members (excludes halogenated alkanes) is 3. The van der Waals surface area contributed by atoms with E-state index in [1.54, 1.807) is 0 Å². The third-order valence-corrected chi connectivity index (χ3v) is 9.33. The molecule has 0 aliphatic heterocycles. The normalized spacial score (nSPS) is 11.3. The lowest BCUT2D eigenvalue weighted by Crippen LogP contribution is -3.00. The fourth-order valence-electron chi connectivity index (χ4n) is 6.85. The molecule has 254 valence electrons. The maximum Gasteiger partial charge on any atom is 0.285 e. The number of fused-ring (bicyclic) bond motifs is 8. The molecule has 8 nitrogen and oxygen atoms in total. The molecule has 4 aromatic carbocycles. The molecule has 0 bridgehead atoms. The number of nitrogens with one attached hydrogen (secondary N) is 4. The smallest absolute Gasteiger partial charge is 0.285 e. The van der Waals surface area contributed by atoms with Crippen molar-refractivity contribution in [2.75, 3.05) is 13.1 Å². The zero-order chi connectivity index (χ0) is 32.5. The van der Waals surface area contributed by atoms with Crippen molar-refractivity contribution < 1.29 is 66.7 Å². The van der Waals surface area contributed by atoms with E-state index in [1.807, 2.05) is 33.7 Å². The second kappa shape index (κ2) is 15.7. The van der Waals surface area contributed by atoms with Crippen LogP contribution in [0.1, 0.15) is 25.7 Å². The number of benzene rings is 4. The number of aromatic nitrogens is 4. The summed E-state index contributed by atoms with van der Waals surface area (Å²) in [4.78, 5) is 32.3. The van der Waals surface area contributed by atoms with Crippen LogP contribution in [0.15, 0.2) is 110 Å². The van der Waals surface area contributed by atoms with Crippen LogP contribution in [0.5, 0.6) is 0 Å².